The summed E-state index contributed by atoms with van der Waals surface area (Å²) in [6, 6.07) is 5.72. The average Bonchev–Trinajstić information content (AvgIpc) is 3.10. The van der Waals surface area contributed by atoms with Gasteiger partial charge in [-0.3, -0.25) is 14.9 Å². The first-order valence-electron chi connectivity index (χ1n) is 7.04. The summed E-state index contributed by atoms with van der Waals surface area (Å²) in [5, 5.41) is 17.5. The van der Waals surface area contributed by atoms with Crippen LogP contribution in [0.3, 0.4) is 0 Å². The number of rotatable bonds is 7. The van der Waals surface area contributed by atoms with E-state index in [2.05, 4.69) is 10.1 Å². The first kappa shape index (κ1) is 19.9. The van der Waals surface area contributed by atoms with Crippen molar-refractivity contribution >= 4 is 33.3 Å². The van der Waals surface area contributed by atoms with Gasteiger partial charge in [-0.05, 0) is 24.3 Å². The molecule has 2 aromatic rings. The van der Waals surface area contributed by atoms with Crippen molar-refractivity contribution in [2.24, 2.45) is 5.14 Å². The zero-order valence-electron chi connectivity index (χ0n) is 13.7. The Kier molecular flexibility index (Phi) is 5.77. The SMILES string of the molecule is COc1ccc(NC(=O)COC(=O)c2ccc(S(N)(=O)=O)o2)c([N+](=O)[O-])c1. The van der Waals surface area contributed by atoms with E-state index in [9.17, 15) is 28.1 Å². The lowest BCUT2D eigenvalue weighted by atomic mass is 10.2. The maximum absolute atomic E-state index is 11.9. The number of nitro benzene ring substituents is 1. The van der Waals surface area contributed by atoms with E-state index in [1.165, 1.54) is 19.2 Å². The smallest absolute Gasteiger partial charge is 0.374 e. The van der Waals surface area contributed by atoms with Gasteiger partial charge >= 0.3 is 5.97 Å². The monoisotopic (exact) mass is 399 g/mol. The van der Waals surface area contributed by atoms with Gasteiger partial charge in [-0.25, -0.2) is 18.4 Å². The molecule has 0 radical (unpaired) electrons. The van der Waals surface area contributed by atoms with Crippen LogP contribution in [-0.4, -0.2) is 38.9 Å². The van der Waals surface area contributed by atoms with Crippen LogP contribution in [0, 0.1) is 10.1 Å². The highest BCUT2D eigenvalue weighted by Crippen LogP contribution is 2.28. The van der Waals surface area contributed by atoms with E-state index < -0.39 is 50.0 Å². The molecule has 13 heteroatoms. The van der Waals surface area contributed by atoms with Crippen LogP contribution >= 0.6 is 0 Å². The summed E-state index contributed by atoms with van der Waals surface area (Å²) >= 11 is 0. The molecule has 1 aromatic carbocycles. The van der Waals surface area contributed by atoms with Crippen molar-refractivity contribution in [1.82, 2.24) is 0 Å². The topological polar surface area (TPSA) is 181 Å². The Balaban J connectivity index is 2.01. The van der Waals surface area contributed by atoms with E-state index >= 15 is 0 Å². The number of nitro groups is 1. The summed E-state index contributed by atoms with van der Waals surface area (Å²) in [5.41, 5.74) is -0.547. The van der Waals surface area contributed by atoms with E-state index in [0.717, 1.165) is 18.2 Å². The lowest BCUT2D eigenvalue weighted by molar-refractivity contribution is -0.384. The summed E-state index contributed by atoms with van der Waals surface area (Å²) in [7, 11) is -2.81. The van der Waals surface area contributed by atoms with Crippen molar-refractivity contribution in [3.8, 4) is 5.75 Å². The average molecular weight is 399 g/mol. The number of primary sulfonamides is 1. The Morgan fingerprint density at radius 3 is 2.56 bits per heavy atom. The minimum absolute atomic E-state index is 0.128. The molecule has 0 aliphatic carbocycles. The summed E-state index contributed by atoms with van der Waals surface area (Å²) in [4.78, 5) is 33.9. The van der Waals surface area contributed by atoms with Gasteiger partial charge in [-0.2, -0.15) is 0 Å². The standard InChI is InChI=1S/C14H13N3O9S/c1-24-8-2-3-9(10(6-8)17(20)21)16-12(18)7-25-14(19)11-4-5-13(26-11)27(15,22)23/h2-6H,7H2,1H3,(H,16,18)(H2,15,22,23). The molecule has 0 unspecified atom stereocenters. The van der Waals surface area contributed by atoms with Gasteiger partial charge in [0.15, 0.2) is 6.61 Å². The van der Waals surface area contributed by atoms with Gasteiger partial charge in [0.25, 0.3) is 21.6 Å². The Labute approximate surface area is 152 Å². The Hall–Kier alpha value is -3.45. The summed E-state index contributed by atoms with van der Waals surface area (Å²) < 4.78 is 36.4. The highest BCUT2D eigenvalue weighted by atomic mass is 32.2. The number of hydrogen-bond acceptors (Lipinski definition) is 9. The third kappa shape index (κ3) is 5.02. The van der Waals surface area contributed by atoms with Crippen LogP contribution in [0.25, 0.3) is 0 Å². The number of anilines is 1. The van der Waals surface area contributed by atoms with Crippen molar-refractivity contribution in [2.75, 3.05) is 19.0 Å². The molecule has 0 bridgehead atoms. The van der Waals surface area contributed by atoms with Crippen molar-refractivity contribution in [3.63, 3.8) is 0 Å². The number of nitrogens with zero attached hydrogens (tertiary/aromatic N) is 1. The van der Waals surface area contributed by atoms with E-state index in [1.54, 1.807) is 0 Å². The number of benzene rings is 1. The molecule has 1 heterocycles. The number of carbonyl (C=O) groups excluding carboxylic acids is 2. The second-order valence-electron chi connectivity index (χ2n) is 4.93. The van der Waals surface area contributed by atoms with Gasteiger partial charge in [-0.1, -0.05) is 0 Å². The second-order valence-corrected chi connectivity index (χ2v) is 6.42. The maximum Gasteiger partial charge on any atom is 0.374 e. The third-order valence-corrected chi connectivity index (χ3v) is 3.85. The molecule has 0 saturated carbocycles. The summed E-state index contributed by atoms with van der Waals surface area (Å²) in [5.74, 6) is -2.25. The van der Waals surface area contributed by atoms with Crippen LogP contribution < -0.4 is 15.2 Å². The number of hydrogen-bond donors (Lipinski definition) is 2. The van der Waals surface area contributed by atoms with Gasteiger partial charge in [-0.15, -0.1) is 0 Å². The fourth-order valence-electron chi connectivity index (χ4n) is 1.87. The summed E-state index contributed by atoms with van der Waals surface area (Å²) in [6.07, 6.45) is 0. The molecule has 0 saturated heterocycles. The number of amides is 1. The van der Waals surface area contributed by atoms with Gasteiger partial charge in [0.05, 0.1) is 18.1 Å². The molecule has 0 aliphatic rings. The molecule has 12 nitrogen and oxygen atoms in total. The Morgan fingerprint density at radius 1 is 1.30 bits per heavy atom. The summed E-state index contributed by atoms with van der Waals surface area (Å²) in [6.45, 7) is -0.798. The number of ether oxygens (including phenoxy) is 2. The predicted molar refractivity (Wildman–Crippen MR) is 88.6 cm³/mol. The third-order valence-electron chi connectivity index (χ3n) is 3.07. The number of sulfonamides is 1. The lowest BCUT2D eigenvalue weighted by Crippen LogP contribution is -2.21. The van der Waals surface area contributed by atoms with E-state index in [1.807, 2.05) is 0 Å². The van der Waals surface area contributed by atoms with E-state index in [-0.39, 0.29) is 11.4 Å². The molecule has 2 rings (SSSR count). The first-order chi connectivity index (χ1) is 12.6. The molecule has 27 heavy (non-hydrogen) atoms. The Bertz CT molecular complexity index is 997. The maximum atomic E-state index is 11.9. The molecule has 0 atom stereocenters. The number of nitrogens with two attached hydrogens (primary N) is 1. The first-order valence-corrected chi connectivity index (χ1v) is 8.58. The van der Waals surface area contributed by atoms with Crippen LogP contribution in [0.2, 0.25) is 0 Å². The van der Waals surface area contributed by atoms with Crippen LogP contribution in [0.5, 0.6) is 5.75 Å². The molecule has 3 N–H and O–H groups in total. The van der Waals surface area contributed by atoms with Crippen molar-refractivity contribution in [1.29, 1.82) is 0 Å². The van der Waals surface area contributed by atoms with Crippen LogP contribution in [0.1, 0.15) is 10.6 Å². The fraction of sp³-hybridized carbons (Fsp3) is 0.143. The molecule has 144 valence electrons. The zero-order chi connectivity index (χ0) is 20.2. The van der Waals surface area contributed by atoms with E-state index in [4.69, 9.17) is 14.3 Å². The molecular formula is C14H13N3O9S. The zero-order valence-corrected chi connectivity index (χ0v) is 14.5. The number of esters is 1. The van der Waals surface area contributed by atoms with Crippen molar-refractivity contribution in [2.45, 2.75) is 5.09 Å². The fourth-order valence-corrected chi connectivity index (χ4v) is 2.33. The number of carbonyl (C=O) groups is 2. The molecule has 0 aliphatic heterocycles. The normalized spacial score (nSPS) is 10.9. The van der Waals surface area contributed by atoms with E-state index in [0.29, 0.717) is 0 Å². The molecular weight excluding hydrogens is 386 g/mol. The largest absolute Gasteiger partial charge is 0.496 e. The van der Waals surface area contributed by atoms with Gasteiger partial charge in [0.1, 0.15) is 11.4 Å². The van der Waals surface area contributed by atoms with Gasteiger partial charge in [0, 0.05) is 0 Å². The molecule has 1 aromatic heterocycles. The molecule has 0 spiro atoms. The Morgan fingerprint density at radius 2 is 2.00 bits per heavy atom. The van der Waals surface area contributed by atoms with Crippen molar-refractivity contribution < 1.29 is 36.8 Å². The van der Waals surface area contributed by atoms with Crippen LogP contribution in [0.4, 0.5) is 11.4 Å². The number of methoxy groups -OCH3 is 1. The molecule has 0 fully saturated rings. The highest BCUT2D eigenvalue weighted by molar-refractivity contribution is 7.89. The van der Waals surface area contributed by atoms with Crippen LogP contribution in [-0.2, 0) is 19.6 Å². The minimum atomic E-state index is -4.13. The van der Waals surface area contributed by atoms with Crippen LogP contribution in [0.15, 0.2) is 39.8 Å². The lowest BCUT2D eigenvalue weighted by Gasteiger charge is -2.07. The highest BCUT2D eigenvalue weighted by Gasteiger charge is 2.21. The van der Waals surface area contributed by atoms with Gasteiger partial charge < -0.3 is 19.2 Å². The predicted octanol–water partition coefficient (Wildman–Crippen LogP) is 0.639. The van der Waals surface area contributed by atoms with Gasteiger partial charge in [0.2, 0.25) is 10.9 Å². The number of furan rings is 1. The minimum Gasteiger partial charge on any atom is -0.496 e. The van der Waals surface area contributed by atoms with Crippen molar-refractivity contribution in [3.05, 3.63) is 46.2 Å². The molecule has 1 amide bonds. The quantitative estimate of drug-likeness (QED) is 0.383. The second kappa shape index (κ2) is 7.84. The number of nitrogens with one attached hydrogen (secondary N) is 1.